The van der Waals surface area contributed by atoms with Gasteiger partial charge in [-0.25, -0.2) is 4.79 Å². The summed E-state index contributed by atoms with van der Waals surface area (Å²) in [5.74, 6) is -0.428. The molecule has 0 aliphatic carbocycles. The summed E-state index contributed by atoms with van der Waals surface area (Å²) in [6.07, 6.45) is 1.84. The minimum Gasteiger partial charge on any atom is -0.496 e. The van der Waals surface area contributed by atoms with E-state index in [9.17, 15) is 9.59 Å². The van der Waals surface area contributed by atoms with Gasteiger partial charge in [0.1, 0.15) is 11.3 Å². The summed E-state index contributed by atoms with van der Waals surface area (Å²) < 4.78 is 4.95. The van der Waals surface area contributed by atoms with Gasteiger partial charge in [-0.15, -0.1) is 0 Å². The third-order valence-electron chi connectivity index (χ3n) is 2.26. The number of thioether (sulfide) groups is 1. The number of nitrogens with one attached hydrogen (secondary N) is 1. The number of carbonyl (C=O) groups excluding carboxylic acids is 1. The van der Waals surface area contributed by atoms with Crippen LogP contribution in [0.1, 0.15) is 15.9 Å². The first-order valence-electron chi connectivity index (χ1n) is 5.24. The highest BCUT2D eigenvalue weighted by molar-refractivity contribution is 7.99. The van der Waals surface area contributed by atoms with Crippen molar-refractivity contribution < 1.29 is 19.4 Å². The van der Waals surface area contributed by atoms with E-state index in [1.54, 1.807) is 12.1 Å². The molecule has 2 N–H and O–H groups in total. The summed E-state index contributed by atoms with van der Waals surface area (Å²) in [5.41, 5.74) is 0.816. The summed E-state index contributed by atoms with van der Waals surface area (Å²) in [4.78, 5) is 22.3. The molecule has 0 saturated carbocycles. The van der Waals surface area contributed by atoms with Crippen molar-refractivity contribution in [3.63, 3.8) is 0 Å². The van der Waals surface area contributed by atoms with E-state index in [1.165, 1.54) is 24.9 Å². The van der Waals surface area contributed by atoms with Crippen molar-refractivity contribution in [3.8, 4) is 5.75 Å². The number of hydrogen-bond acceptors (Lipinski definition) is 4. The fourth-order valence-corrected chi connectivity index (χ4v) is 1.78. The molecule has 0 unspecified atom stereocenters. The van der Waals surface area contributed by atoms with Crippen LogP contribution in [0.3, 0.4) is 0 Å². The quantitative estimate of drug-likeness (QED) is 0.816. The van der Waals surface area contributed by atoms with Gasteiger partial charge >= 0.3 is 5.97 Å². The molecule has 98 valence electrons. The maximum atomic E-state index is 11.3. The largest absolute Gasteiger partial charge is 0.496 e. The number of benzene rings is 1. The number of hydrogen-bond donors (Lipinski definition) is 2. The number of amides is 1. The van der Waals surface area contributed by atoms with Crippen LogP contribution in [0.4, 0.5) is 0 Å². The minimum atomic E-state index is -1.05. The monoisotopic (exact) mass is 269 g/mol. The third kappa shape index (κ3) is 3.96. The van der Waals surface area contributed by atoms with Crippen LogP contribution in [0.2, 0.25) is 0 Å². The van der Waals surface area contributed by atoms with Gasteiger partial charge in [0, 0.05) is 6.54 Å². The van der Waals surface area contributed by atoms with Crippen LogP contribution in [0.5, 0.6) is 5.75 Å². The van der Waals surface area contributed by atoms with Gasteiger partial charge in [0.2, 0.25) is 5.91 Å². The number of carboxylic acid groups (broad SMARTS) is 1. The Hall–Kier alpha value is -1.69. The molecule has 0 atom stereocenters. The molecule has 1 rings (SSSR count). The minimum absolute atomic E-state index is 0.0739. The van der Waals surface area contributed by atoms with E-state index in [4.69, 9.17) is 9.84 Å². The molecule has 0 saturated heterocycles. The first-order valence-corrected chi connectivity index (χ1v) is 6.63. The molecule has 0 radical (unpaired) electrons. The molecule has 0 heterocycles. The first-order chi connectivity index (χ1) is 8.58. The number of ether oxygens (including phenoxy) is 1. The van der Waals surface area contributed by atoms with E-state index in [0.29, 0.717) is 18.0 Å². The second kappa shape index (κ2) is 6.90. The molecule has 0 aliphatic rings. The van der Waals surface area contributed by atoms with Gasteiger partial charge in [0.15, 0.2) is 0 Å². The number of rotatable bonds is 6. The van der Waals surface area contributed by atoms with Gasteiger partial charge < -0.3 is 15.2 Å². The summed E-state index contributed by atoms with van der Waals surface area (Å²) >= 11 is 1.43. The maximum Gasteiger partial charge on any atom is 0.339 e. The zero-order valence-electron chi connectivity index (χ0n) is 10.2. The lowest BCUT2D eigenvalue weighted by Gasteiger charge is -2.08. The van der Waals surface area contributed by atoms with Crippen LogP contribution in [-0.2, 0) is 11.3 Å². The highest BCUT2D eigenvalue weighted by Crippen LogP contribution is 2.19. The normalized spacial score (nSPS) is 9.89. The average molecular weight is 269 g/mol. The molecule has 18 heavy (non-hydrogen) atoms. The van der Waals surface area contributed by atoms with Gasteiger partial charge in [-0.2, -0.15) is 11.8 Å². The van der Waals surface area contributed by atoms with E-state index in [1.807, 2.05) is 6.26 Å². The van der Waals surface area contributed by atoms with Crippen molar-refractivity contribution in [3.05, 3.63) is 29.3 Å². The van der Waals surface area contributed by atoms with E-state index in [-0.39, 0.29) is 11.5 Å². The molecule has 1 aromatic rings. The Morgan fingerprint density at radius 1 is 1.44 bits per heavy atom. The molecule has 0 fully saturated rings. The van der Waals surface area contributed by atoms with Crippen LogP contribution in [0.15, 0.2) is 18.2 Å². The second-order valence-electron chi connectivity index (χ2n) is 3.55. The Bertz CT molecular complexity index is 448. The lowest BCUT2D eigenvalue weighted by molar-refractivity contribution is -0.118. The Morgan fingerprint density at radius 3 is 2.72 bits per heavy atom. The zero-order chi connectivity index (χ0) is 13.5. The Balaban J connectivity index is 2.76. The average Bonchev–Trinajstić information content (AvgIpc) is 2.36. The molecule has 5 nitrogen and oxygen atoms in total. The Kier molecular flexibility index (Phi) is 5.51. The second-order valence-corrected chi connectivity index (χ2v) is 4.42. The van der Waals surface area contributed by atoms with Crippen molar-refractivity contribution in [1.82, 2.24) is 5.32 Å². The number of methoxy groups -OCH3 is 1. The summed E-state index contributed by atoms with van der Waals surface area (Å²) in [5, 5.41) is 11.7. The smallest absolute Gasteiger partial charge is 0.339 e. The number of aromatic carboxylic acids is 1. The van der Waals surface area contributed by atoms with E-state index in [2.05, 4.69) is 5.32 Å². The van der Waals surface area contributed by atoms with Crippen molar-refractivity contribution in [2.75, 3.05) is 19.1 Å². The van der Waals surface area contributed by atoms with Crippen molar-refractivity contribution >= 4 is 23.6 Å². The Morgan fingerprint density at radius 2 is 2.17 bits per heavy atom. The topological polar surface area (TPSA) is 75.6 Å². The van der Waals surface area contributed by atoms with Crippen LogP contribution in [-0.4, -0.2) is 36.1 Å². The maximum absolute atomic E-state index is 11.3. The van der Waals surface area contributed by atoms with Crippen molar-refractivity contribution in [2.45, 2.75) is 6.54 Å². The fourth-order valence-electron chi connectivity index (χ4n) is 1.41. The van der Waals surface area contributed by atoms with Crippen molar-refractivity contribution in [1.29, 1.82) is 0 Å². The van der Waals surface area contributed by atoms with Gasteiger partial charge in [-0.1, -0.05) is 6.07 Å². The molecular formula is C12H15NO4S. The SMILES string of the molecule is COc1ccc(CNC(=O)CSC)cc1C(=O)O. The molecule has 0 spiro atoms. The summed E-state index contributed by atoms with van der Waals surface area (Å²) in [7, 11) is 1.42. The Labute approximate surface area is 110 Å². The first kappa shape index (κ1) is 14.4. The highest BCUT2D eigenvalue weighted by Gasteiger charge is 2.11. The third-order valence-corrected chi connectivity index (χ3v) is 2.81. The van der Waals surface area contributed by atoms with E-state index < -0.39 is 5.97 Å². The molecule has 0 bridgehead atoms. The van der Waals surface area contributed by atoms with E-state index >= 15 is 0 Å². The molecule has 1 amide bonds. The number of carbonyl (C=O) groups is 2. The molecule has 0 aromatic heterocycles. The standard InChI is InChI=1S/C12H15NO4S/c1-17-10-4-3-8(5-9(10)12(15)16)6-13-11(14)7-18-2/h3-5H,6-7H2,1-2H3,(H,13,14)(H,15,16). The lowest BCUT2D eigenvalue weighted by Crippen LogP contribution is -2.24. The van der Waals surface area contributed by atoms with Crippen molar-refractivity contribution in [2.24, 2.45) is 0 Å². The number of carboxylic acids is 1. The predicted molar refractivity (Wildman–Crippen MR) is 70.2 cm³/mol. The molecular weight excluding hydrogens is 254 g/mol. The lowest BCUT2D eigenvalue weighted by atomic mass is 10.1. The van der Waals surface area contributed by atoms with Gasteiger partial charge in [-0.05, 0) is 24.0 Å². The van der Waals surface area contributed by atoms with Crippen LogP contribution in [0, 0.1) is 0 Å². The molecule has 1 aromatic carbocycles. The zero-order valence-corrected chi connectivity index (χ0v) is 11.0. The van der Waals surface area contributed by atoms with Crippen LogP contribution < -0.4 is 10.1 Å². The molecule has 0 aliphatic heterocycles. The summed E-state index contributed by atoms with van der Waals surface area (Å²) in [6, 6.07) is 4.81. The van der Waals surface area contributed by atoms with Crippen LogP contribution in [0.25, 0.3) is 0 Å². The predicted octanol–water partition coefficient (Wildman–Crippen LogP) is 1.37. The fraction of sp³-hybridized carbons (Fsp3) is 0.333. The van der Waals surface area contributed by atoms with Gasteiger partial charge in [-0.3, -0.25) is 4.79 Å². The highest BCUT2D eigenvalue weighted by atomic mass is 32.2. The van der Waals surface area contributed by atoms with E-state index in [0.717, 1.165) is 5.56 Å². The molecule has 6 heteroatoms. The van der Waals surface area contributed by atoms with Crippen LogP contribution >= 0.6 is 11.8 Å². The van der Waals surface area contributed by atoms with Gasteiger partial charge in [0.05, 0.1) is 12.9 Å². The summed E-state index contributed by atoms with van der Waals surface area (Å²) in [6.45, 7) is 0.309. The van der Waals surface area contributed by atoms with Gasteiger partial charge in [0.25, 0.3) is 0 Å².